The second kappa shape index (κ2) is 11.4. The molecule has 1 saturated heterocycles. The zero-order valence-corrected chi connectivity index (χ0v) is 25.2. The number of halogens is 1. The van der Waals surface area contributed by atoms with Gasteiger partial charge in [-0.25, -0.2) is 9.37 Å². The maximum Gasteiger partial charge on any atom is 0.255 e. The molecule has 0 unspecified atom stereocenters. The zero-order chi connectivity index (χ0) is 30.3. The standard InChI is InChI=1S/C33H34FN5O3S/c1-33(2,3)38-15-13-37(14-16-38)25-9-6-21(7-10-25)22-4-5-23-20-39(31(42)26(23)18-22)29(27-19-24(34)8-11-28(27)40)30(41)36-32-35-12-17-43-32/h4-12,17-19,29,40H,13-16,20H2,1-3H3,(H,35,36,41)/t29-/m1/s1. The van der Waals surface area contributed by atoms with E-state index in [0.29, 0.717) is 10.7 Å². The van der Waals surface area contributed by atoms with Crippen LogP contribution in [0, 0.1) is 5.82 Å². The van der Waals surface area contributed by atoms with Gasteiger partial charge >= 0.3 is 0 Å². The van der Waals surface area contributed by atoms with Gasteiger partial charge in [-0.3, -0.25) is 19.8 Å². The molecule has 2 aliphatic heterocycles. The second-order valence-corrected chi connectivity index (χ2v) is 12.8. The van der Waals surface area contributed by atoms with Gasteiger partial charge in [-0.15, -0.1) is 11.3 Å². The highest BCUT2D eigenvalue weighted by molar-refractivity contribution is 7.13. The van der Waals surface area contributed by atoms with Gasteiger partial charge in [-0.2, -0.15) is 0 Å². The Hall–Kier alpha value is -4.28. The minimum absolute atomic E-state index is 0.00866. The molecule has 0 spiro atoms. The number of aromatic nitrogens is 1. The number of phenolic OH excluding ortho intramolecular Hbond substituents is 1. The van der Waals surface area contributed by atoms with Gasteiger partial charge in [0.1, 0.15) is 17.6 Å². The van der Waals surface area contributed by atoms with Crippen LogP contribution in [-0.4, -0.2) is 63.4 Å². The molecule has 6 rings (SSSR count). The molecule has 0 saturated carbocycles. The Kier molecular flexibility index (Phi) is 7.66. The number of carbonyl (C=O) groups is 2. The average molecular weight is 600 g/mol. The first-order chi connectivity index (χ1) is 20.6. The van der Waals surface area contributed by atoms with Crippen LogP contribution in [0.15, 0.2) is 72.2 Å². The normalized spacial score (nSPS) is 16.3. The van der Waals surface area contributed by atoms with Crippen LogP contribution in [0.25, 0.3) is 11.1 Å². The van der Waals surface area contributed by atoms with E-state index in [2.05, 4.69) is 65.1 Å². The Bertz CT molecular complexity index is 1640. The van der Waals surface area contributed by atoms with Crippen molar-refractivity contribution in [1.29, 1.82) is 0 Å². The van der Waals surface area contributed by atoms with Gasteiger partial charge in [0.15, 0.2) is 5.13 Å². The molecule has 0 bridgehead atoms. The van der Waals surface area contributed by atoms with E-state index in [-0.39, 0.29) is 29.3 Å². The van der Waals surface area contributed by atoms with Gasteiger partial charge in [-0.05, 0) is 73.9 Å². The molecule has 2 aliphatic rings. The molecule has 1 aromatic heterocycles. The Morgan fingerprint density at radius 2 is 1.72 bits per heavy atom. The lowest BCUT2D eigenvalue weighted by atomic mass is 10.00. The minimum Gasteiger partial charge on any atom is -0.508 e. The molecular weight excluding hydrogens is 565 g/mol. The summed E-state index contributed by atoms with van der Waals surface area (Å²) in [6.07, 6.45) is 1.55. The van der Waals surface area contributed by atoms with Crippen molar-refractivity contribution in [2.24, 2.45) is 0 Å². The van der Waals surface area contributed by atoms with Crippen LogP contribution in [0.1, 0.15) is 48.3 Å². The zero-order valence-electron chi connectivity index (χ0n) is 24.4. The van der Waals surface area contributed by atoms with Gasteiger partial charge in [0.2, 0.25) is 0 Å². The molecular formula is C33H34FN5O3S. The topological polar surface area (TPSA) is 89.0 Å². The minimum atomic E-state index is -1.26. The molecule has 2 amide bonds. The van der Waals surface area contributed by atoms with E-state index < -0.39 is 17.8 Å². The highest BCUT2D eigenvalue weighted by Gasteiger charge is 2.39. The smallest absolute Gasteiger partial charge is 0.255 e. The van der Waals surface area contributed by atoms with Crippen LogP contribution in [0.4, 0.5) is 15.2 Å². The van der Waals surface area contributed by atoms with Crippen molar-refractivity contribution < 1.29 is 19.1 Å². The number of piperazine rings is 1. The number of fused-ring (bicyclic) bond motifs is 1. The van der Waals surface area contributed by atoms with Crippen LogP contribution in [0.5, 0.6) is 5.75 Å². The van der Waals surface area contributed by atoms with Crippen molar-refractivity contribution in [2.75, 3.05) is 36.4 Å². The average Bonchev–Trinajstić information content (AvgIpc) is 3.62. The third kappa shape index (κ3) is 5.85. The number of benzene rings is 3. The lowest BCUT2D eigenvalue weighted by Gasteiger charge is -2.43. The van der Waals surface area contributed by atoms with E-state index in [1.54, 1.807) is 11.6 Å². The number of aromatic hydroxyl groups is 1. The molecule has 222 valence electrons. The number of nitrogens with one attached hydrogen (secondary N) is 1. The Morgan fingerprint density at radius 1 is 1.00 bits per heavy atom. The van der Waals surface area contributed by atoms with Gasteiger partial charge in [0, 0.05) is 66.7 Å². The fraction of sp³-hybridized carbons (Fsp3) is 0.303. The van der Waals surface area contributed by atoms with Crippen LogP contribution in [0.3, 0.4) is 0 Å². The Balaban J connectivity index is 1.23. The molecule has 3 heterocycles. The van der Waals surface area contributed by atoms with E-state index in [0.717, 1.165) is 55.0 Å². The van der Waals surface area contributed by atoms with E-state index in [9.17, 15) is 19.1 Å². The number of amides is 2. The van der Waals surface area contributed by atoms with Crippen molar-refractivity contribution in [1.82, 2.24) is 14.8 Å². The van der Waals surface area contributed by atoms with E-state index >= 15 is 0 Å². The van der Waals surface area contributed by atoms with Crippen LogP contribution >= 0.6 is 11.3 Å². The maximum absolute atomic E-state index is 14.3. The molecule has 10 heteroatoms. The summed E-state index contributed by atoms with van der Waals surface area (Å²) in [6.45, 7) is 10.9. The van der Waals surface area contributed by atoms with Crippen LogP contribution in [0.2, 0.25) is 0 Å². The highest BCUT2D eigenvalue weighted by atomic mass is 32.1. The molecule has 1 fully saturated rings. The monoisotopic (exact) mass is 599 g/mol. The summed E-state index contributed by atoms with van der Waals surface area (Å²) >= 11 is 1.22. The first kappa shape index (κ1) is 28.8. The van der Waals surface area contributed by atoms with E-state index in [4.69, 9.17) is 0 Å². The lowest BCUT2D eigenvalue weighted by molar-refractivity contribution is -0.120. The predicted octanol–water partition coefficient (Wildman–Crippen LogP) is 5.91. The Labute approximate surface area is 254 Å². The maximum atomic E-state index is 14.3. The fourth-order valence-corrected chi connectivity index (χ4v) is 6.40. The highest BCUT2D eigenvalue weighted by Crippen LogP contribution is 2.38. The number of hydrogen-bond acceptors (Lipinski definition) is 7. The summed E-state index contributed by atoms with van der Waals surface area (Å²) in [5, 5.41) is 15.4. The van der Waals surface area contributed by atoms with Gasteiger partial charge in [0.05, 0.1) is 0 Å². The third-order valence-electron chi connectivity index (χ3n) is 8.24. The van der Waals surface area contributed by atoms with Crippen LogP contribution in [-0.2, 0) is 11.3 Å². The second-order valence-electron chi connectivity index (χ2n) is 11.9. The molecule has 1 atom stereocenters. The number of anilines is 2. The number of thiazole rings is 1. The third-order valence-corrected chi connectivity index (χ3v) is 8.93. The van der Waals surface area contributed by atoms with Crippen molar-refractivity contribution in [3.8, 4) is 16.9 Å². The number of carbonyl (C=O) groups excluding carboxylic acids is 2. The van der Waals surface area contributed by atoms with E-state index in [1.165, 1.54) is 28.0 Å². The Morgan fingerprint density at radius 3 is 2.40 bits per heavy atom. The van der Waals surface area contributed by atoms with Gasteiger partial charge < -0.3 is 14.9 Å². The molecule has 4 aromatic rings. The summed E-state index contributed by atoms with van der Waals surface area (Å²) in [6, 6.07) is 16.2. The fourth-order valence-electron chi connectivity index (χ4n) is 5.87. The summed E-state index contributed by atoms with van der Waals surface area (Å²) in [4.78, 5) is 37.7. The van der Waals surface area contributed by atoms with Gasteiger partial charge in [0.25, 0.3) is 11.8 Å². The van der Waals surface area contributed by atoms with Crippen LogP contribution < -0.4 is 10.2 Å². The molecule has 0 radical (unpaired) electrons. The summed E-state index contributed by atoms with van der Waals surface area (Å²) in [5.41, 5.74) is 4.44. The molecule has 3 aromatic carbocycles. The molecule has 2 N–H and O–H groups in total. The van der Waals surface area contributed by atoms with Crippen molar-refractivity contribution in [2.45, 2.75) is 38.9 Å². The van der Waals surface area contributed by atoms with Crippen molar-refractivity contribution in [3.05, 3.63) is 94.7 Å². The molecule has 8 nitrogen and oxygen atoms in total. The summed E-state index contributed by atoms with van der Waals surface area (Å²) in [5.74, 6) is -1.85. The first-order valence-corrected chi connectivity index (χ1v) is 15.2. The first-order valence-electron chi connectivity index (χ1n) is 14.3. The van der Waals surface area contributed by atoms with Gasteiger partial charge in [-0.1, -0.05) is 24.3 Å². The quantitative estimate of drug-likeness (QED) is 0.287. The van der Waals surface area contributed by atoms with Crippen molar-refractivity contribution in [3.63, 3.8) is 0 Å². The summed E-state index contributed by atoms with van der Waals surface area (Å²) in [7, 11) is 0. The largest absolute Gasteiger partial charge is 0.508 e. The molecule has 43 heavy (non-hydrogen) atoms. The number of rotatable bonds is 6. The predicted molar refractivity (Wildman–Crippen MR) is 167 cm³/mol. The SMILES string of the molecule is CC(C)(C)N1CCN(c2ccc(-c3ccc4c(c3)C(=O)N([C@@H](C(=O)Nc3nccs3)c3cc(F)ccc3O)C4)cc2)CC1. The number of phenols is 1. The summed E-state index contributed by atoms with van der Waals surface area (Å²) < 4.78 is 14.3. The van der Waals surface area contributed by atoms with E-state index in [1.807, 2.05) is 18.2 Å². The number of hydrogen-bond donors (Lipinski definition) is 2. The lowest BCUT2D eigenvalue weighted by Crippen LogP contribution is -2.53. The molecule has 0 aliphatic carbocycles. The van der Waals surface area contributed by atoms with Crippen molar-refractivity contribution >= 4 is 34.0 Å². The number of nitrogens with zero attached hydrogens (tertiary/aromatic N) is 4.